The predicted molar refractivity (Wildman–Crippen MR) is 76.8 cm³/mol. The maximum absolute atomic E-state index is 8.94. The molecule has 2 aliphatic heterocycles. The fourth-order valence-corrected chi connectivity index (χ4v) is 3.09. The predicted octanol–water partition coefficient (Wildman–Crippen LogP) is 1.88. The summed E-state index contributed by atoms with van der Waals surface area (Å²) >= 11 is 6.12. The van der Waals surface area contributed by atoms with Crippen molar-refractivity contribution in [3.63, 3.8) is 0 Å². The van der Waals surface area contributed by atoms with Gasteiger partial charge in [-0.05, 0) is 25.5 Å². The lowest BCUT2D eigenvalue weighted by atomic mass is 10.2. The van der Waals surface area contributed by atoms with Gasteiger partial charge in [-0.3, -0.25) is 4.90 Å². The van der Waals surface area contributed by atoms with E-state index in [1.165, 1.54) is 19.4 Å². The standard InChI is InChI=1S/C14H17ClN4O/c15-13-10(6-16)3-4-17-14(13)18-7-12-8-19-5-1-2-11(19)9-20-12/h3-4,11-12H,1-2,5,7-9H2,(H,17,18). The van der Waals surface area contributed by atoms with Crippen LogP contribution < -0.4 is 5.32 Å². The summed E-state index contributed by atoms with van der Waals surface area (Å²) in [5.41, 5.74) is 0.438. The van der Waals surface area contributed by atoms with Crippen molar-refractivity contribution in [2.75, 3.05) is 31.6 Å². The van der Waals surface area contributed by atoms with Crippen molar-refractivity contribution in [3.05, 3.63) is 22.8 Å². The van der Waals surface area contributed by atoms with Crippen molar-refractivity contribution < 1.29 is 4.74 Å². The van der Waals surface area contributed by atoms with Gasteiger partial charge in [-0.15, -0.1) is 0 Å². The molecule has 1 N–H and O–H groups in total. The molecule has 2 aliphatic rings. The van der Waals surface area contributed by atoms with E-state index < -0.39 is 0 Å². The van der Waals surface area contributed by atoms with Gasteiger partial charge in [-0.1, -0.05) is 11.6 Å². The molecule has 1 aromatic rings. The van der Waals surface area contributed by atoms with Crippen molar-refractivity contribution in [1.29, 1.82) is 5.26 Å². The highest BCUT2D eigenvalue weighted by atomic mass is 35.5. The molecule has 0 aliphatic carbocycles. The molecule has 0 spiro atoms. The molecular formula is C14H17ClN4O. The summed E-state index contributed by atoms with van der Waals surface area (Å²) in [5, 5.41) is 12.5. The molecule has 2 unspecified atom stereocenters. The molecule has 0 saturated carbocycles. The maximum atomic E-state index is 8.94. The number of aromatic nitrogens is 1. The lowest BCUT2D eigenvalue weighted by Gasteiger charge is -2.35. The molecule has 1 aromatic heterocycles. The Morgan fingerprint density at radius 3 is 3.35 bits per heavy atom. The number of pyridine rings is 1. The first-order valence-corrected chi connectivity index (χ1v) is 7.30. The van der Waals surface area contributed by atoms with Crippen molar-refractivity contribution >= 4 is 17.4 Å². The quantitative estimate of drug-likeness (QED) is 0.922. The summed E-state index contributed by atoms with van der Waals surface area (Å²) in [5.74, 6) is 0.554. The van der Waals surface area contributed by atoms with Crippen LogP contribution in [0.15, 0.2) is 12.3 Å². The van der Waals surface area contributed by atoms with Crippen LogP contribution in [0, 0.1) is 11.3 Å². The second kappa shape index (κ2) is 5.96. The van der Waals surface area contributed by atoms with Crippen LogP contribution in [0.25, 0.3) is 0 Å². The third kappa shape index (κ3) is 2.73. The number of hydrogen-bond acceptors (Lipinski definition) is 5. The molecule has 2 saturated heterocycles. The summed E-state index contributed by atoms with van der Waals surface area (Å²) in [7, 11) is 0. The van der Waals surface area contributed by atoms with Crippen LogP contribution in [0.1, 0.15) is 18.4 Å². The second-order valence-corrected chi connectivity index (χ2v) is 5.64. The number of morpholine rings is 1. The molecule has 5 nitrogen and oxygen atoms in total. The molecule has 0 amide bonds. The van der Waals surface area contributed by atoms with Gasteiger partial charge in [-0.25, -0.2) is 4.98 Å². The van der Waals surface area contributed by atoms with Gasteiger partial charge in [0.2, 0.25) is 0 Å². The molecule has 2 fully saturated rings. The van der Waals surface area contributed by atoms with Gasteiger partial charge in [0.15, 0.2) is 0 Å². The molecule has 6 heteroatoms. The number of halogens is 1. The van der Waals surface area contributed by atoms with Gasteiger partial charge in [0, 0.05) is 25.3 Å². The first kappa shape index (κ1) is 13.6. The Morgan fingerprint density at radius 2 is 2.50 bits per heavy atom. The molecule has 3 rings (SSSR count). The summed E-state index contributed by atoms with van der Waals surface area (Å²) in [6, 6.07) is 4.27. The van der Waals surface area contributed by atoms with Crippen molar-refractivity contribution in [2.24, 2.45) is 0 Å². The molecule has 3 heterocycles. The topological polar surface area (TPSA) is 61.2 Å². The van der Waals surface area contributed by atoms with Gasteiger partial charge in [0.1, 0.15) is 16.9 Å². The third-order valence-corrected chi connectivity index (χ3v) is 4.35. The van der Waals surface area contributed by atoms with Crippen LogP contribution in [0.4, 0.5) is 5.82 Å². The lowest BCUT2D eigenvalue weighted by Crippen LogP contribution is -2.48. The number of nitrogens with one attached hydrogen (secondary N) is 1. The fourth-order valence-electron chi connectivity index (χ4n) is 2.87. The Bertz CT molecular complexity index is 530. The largest absolute Gasteiger partial charge is 0.373 e. The van der Waals surface area contributed by atoms with E-state index in [-0.39, 0.29) is 6.10 Å². The molecular weight excluding hydrogens is 276 g/mol. The number of hydrogen-bond donors (Lipinski definition) is 1. The number of nitriles is 1. The van der Waals surface area contributed by atoms with Crippen molar-refractivity contribution in [1.82, 2.24) is 9.88 Å². The summed E-state index contributed by atoms with van der Waals surface area (Å²) in [4.78, 5) is 6.67. The lowest BCUT2D eigenvalue weighted by molar-refractivity contribution is -0.0416. The zero-order chi connectivity index (χ0) is 13.9. The van der Waals surface area contributed by atoms with Gasteiger partial charge in [0.25, 0.3) is 0 Å². The van der Waals surface area contributed by atoms with Crippen molar-refractivity contribution in [3.8, 4) is 6.07 Å². The average Bonchev–Trinajstić information content (AvgIpc) is 2.93. The molecule has 106 valence electrons. The van der Waals surface area contributed by atoms with Crippen LogP contribution in [-0.4, -0.2) is 48.3 Å². The molecule has 0 aromatic carbocycles. The Morgan fingerprint density at radius 1 is 1.60 bits per heavy atom. The van der Waals surface area contributed by atoms with E-state index in [0.29, 0.717) is 29.0 Å². The highest BCUT2D eigenvalue weighted by Gasteiger charge is 2.32. The monoisotopic (exact) mass is 292 g/mol. The average molecular weight is 293 g/mol. The van der Waals surface area contributed by atoms with Gasteiger partial charge in [0.05, 0.1) is 18.3 Å². The normalized spacial score (nSPS) is 26.0. The molecule has 0 radical (unpaired) electrons. The van der Waals surface area contributed by atoms with Crippen LogP contribution in [0.2, 0.25) is 5.02 Å². The van der Waals surface area contributed by atoms with Crippen LogP contribution in [0.3, 0.4) is 0 Å². The first-order chi connectivity index (χ1) is 9.78. The zero-order valence-corrected chi connectivity index (χ0v) is 11.9. The van der Waals surface area contributed by atoms with E-state index in [9.17, 15) is 0 Å². The Labute approximate surface area is 123 Å². The Hall–Kier alpha value is -1.35. The van der Waals surface area contributed by atoms with Crippen LogP contribution in [-0.2, 0) is 4.74 Å². The minimum atomic E-state index is 0.146. The highest BCUT2D eigenvalue weighted by Crippen LogP contribution is 2.25. The number of ether oxygens (including phenoxy) is 1. The maximum Gasteiger partial charge on any atom is 0.146 e. The van der Waals surface area contributed by atoms with Gasteiger partial charge >= 0.3 is 0 Å². The smallest absolute Gasteiger partial charge is 0.146 e. The Balaban J connectivity index is 1.59. The molecule has 20 heavy (non-hydrogen) atoms. The third-order valence-electron chi connectivity index (χ3n) is 3.97. The Kier molecular flexibility index (Phi) is 4.06. The number of fused-ring (bicyclic) bond motifs is 1. The minimum absolute atomic E-state index is 0.146. The van der Waals surface area contributed by atoms with Gasteiger partial charge in [-0.2, -0.15) is 5.26 Å². The minimum Gasteiger partial charge on any atom is -0.373 e. The van der Waals surface area contributed by atoms with Crippen LogP contribution in [0.5, 0.6) is 0 Å². The SMILES string of the molecule is N#Cc1ccnc(NCC2CN3CCCC3CO2)c1Cl. The number of anilines is 1. The van der Waals surface area contributed by atoms with E-state index in [1.807, 2.05) is 0 Å². The summed E-state index contributed by atoms with van der Waals surface area (Å²) < 4.78 is 5.87. The summed E-state index contributed by atoms with van der Waals surface area (Å²) in [6.07, 6.45) is 4.25. The van der Waals surface area contributed by atoms with Crippen LogP contribution >= 0.6 is 11.6 Å². The van der Waals surface area contributed by atoms with E-state index in [0.717, 1.165) is 13.2 Å². The second-order valence-electron chi connectivity index (χ2n) is 5.26. The highest BCUT2D eigenvalue weighted by molar-refractivity contribution is 6.34. The van der Waals surface area contributed by atoms with E-state index in [2.05, 4.69) is 21.3 Å². The van der Waals surface area contributed by atoms with E-state index >= 15 is 0 Å². The van der Waals surface area contributed by atoms with E-state index in [1.54, 1.807) is 12.3 Å². The van der Waals surface area contributed by atoms with Crippen molar-refractivity contribution in [2.45, 2.75) is 25.0 Å². The van der Waals surface area contributed by atoms with Gasteiger partial charge < -0.3 is 10.1 Å². The molecule has 2 atom stereocenters. The van der Waals surface area contributed by atoms with E-state index in [4.69, 9.17) is 21.6 Å². The zero-order valence-electron chi connectivity index (χ0n) is 11.2. The molecule has 0 bridgehead atoms. The number of nitrogens with zero attached hydrogens (tertiary/aromatic N) is 3. The first-order valence-electron chi connectivity index (χ1n) is 6.92. The summed E-state index contributed by atoms with van der Waals surface area (Å²) in [6.45, 7) is 3.59. The fraction of sp³-hybridized carbons (Fsp3) is 0.571. The number of rotatable bonds is 3.